The Labute approximate surface area is 239 Å². The number of hydrogen-bond donors (Lipinski definition) is 3. The summed E-state index contributed by atoms with van der Waals surface area (Å²) in [4.78, 5) is 11.4. The molecule has 3 aromatic rings. The number of nitrogens with two attached hydrogens (primary N) is 1. The average molecular weight is 583 g/mol. The summed E-state index contributed by atoms with van der Waals surface area (Å²) >= 11 is 0. The minimum absolute atomic E-state index is 0. The molecular weight excluding hydrogens is 549 g/mol. The third-order valence-corrected chi connectivity index (χ3v) is 6.20. The van der Waals surface area contributed by atoms with E-state index in [9.17, 15) is 18.0 Å². The Morgan fingerprint density at radius 2 is 1.97 bits per heavy atom. The molecule has 0 bridgehead atoms. The second kappa shape index (κ2) is 13.8. The van der Waals surface area contributed by atoms with Gasteiger partial charge in [-0.3, -0.25) is 4.79 Å². The number of benzene rings is 2. The molecule has 1 fully saturated rings. The molecule has 0 unspecified atom stereocenters. The van der Waals surface area contributed by atoms with E-state index in [1.54, 1.807) is 30.3 Å². The average Bonchev–Trinajstić information content (AvgIpc) is 3.18. The van der Waals surface area contributed by atoms with E-state index in [2.05, 4.69) is 22.5 Å². The zero-order valence-electron chi connectivity index (χ0n) is 21.6. The number of nitrogens with zero attached hydrogens (tertiary/aromatic N) is 1. The van der Waals surface area contributed by atoms with Gasteiger partial charge in [0, 0.05) is 29.3 Å². The summed E-state index contributed by atoms with van der Waals surface area (Å²) < 4.78 is 52.5. The van der Waals surface area contributed by atoms with Crippen LogP contribution in [0.25, 0.3) is 10.9 Å². The van der Waals surface area contributed by atoms with Crippen molar-refractivity contribution in [3.63, 3.8) is 0 Å². The highest BCUT2D eigenvalue weighted by Crippen LogP contribution is 2.31. The van der Waals surface area contributed by atoms with Gasteiger partial charge in [-0.1, -0.05) is 12.0 Å². The van der Waals surface area contributed by atoms with Crippen molar-refractivity contribution in [1.29, 1.82) is 0 Å². The third kappa shape index (κ3) is 8.17. The van der Waals surface area contributed by atoms with Crippen LogP contribution < -0.4 is 21.1 Å². The lowest BCUT2D eigenvalue weighted by Crippen LogP contribution is -2.32. The van der Waals surface area contributed by atoms with E-state index in [0.29, 0.717) is 34.5 Å². The summed E-state index contributed by atoms with van der Waals surface area (Å²) in [6.07, 6.45) is -2.64. The maximum absolute atomic E-state index is 13.5. The lowest BCUT2D eigenvalue weighted by Gasteiger charge is -2.29. The molecule has 212 valence electrons. The smallest absolute Gasteiger partial charge is 0.406 e. The zero-order valence-corrected chi connectivity index (χ0v) is 23.6. The molecule has 1 aliphatic heterocycles. The van der Waals surface area contributed by atoms with Gasteiger partial charge in [-0.2, -0.15) is 40.2 Å². The normalized spacial score (nSPS) is 16.7. The van der Waals surface area contributed by atoms with Crippen molar-refractivity contribution in [3.05, 3.63) is 53.7 Å². The Morgan fingerprint density at radius 3 is 2.64 bits per heavy atom. The van der Waals surface area contributed by atoms with Gasteiger partial charge in [0.2, 0.25) is 5.91 Å². The molecule has 0 saturated carbocycles. The van der Waals surface area contributed by atoms with Crippen molar-refractivity contribution in [2.75, 3.05) is 30.9 Å². The number of alkyl halides is 3. The van der Waals surface area contributed by atoms with Crippen molar-refractivity contribution in [2.24, 2.45) is 5.73 Å². The van der Waals surface area contributed by atoms with Crippen LogP contribution in [0.4, 0.5) is 24.5 Å². The summed E-state index contributed by atoms with van der Waals surface area (Å²) in [7, 11) is 1.46. The fourth-order valence-corrected chi connectivity index (χ4v) is 4.48. The highest BCUT2D eigenvalue weighted by atomic mass is 32.1. The SMILES string of the molecule is COc1cc(C(N)=O)ccc1NCC#Cc1cc2c(N[C@H]3CCO[C@@H](C)C3)cccc2n1CC(F)(F)F.S.S. The maximum Gasteiger partial charge on any atom is 0.406 e. The molecule has 12 heteroatoms. The predicted molar refractivity (Wildman–Crippen MR) is 158 cm³/mol. The highest BCUT2D eigenvalue weighted by Gasteiger charge is 2.30. The number of carbonyl (C=O) groups excluding carboxylic acids is 1. The van der Waals surface area contributed by atoms with Gasteiger partial charge >= 0.3 is 6.18 Å². The lowest BCUT2D eigenvalue weighted by molar-refractivity contribution is -0.140. The lowest BCUT2D eigenvalue weighted by atomic mass is 10.0. The van der Waals surface area contributed by atoms with Gasteiger partial charge in [0.15, 0.2) is 0 Å². The topological polar surface area (TPSA) is 90.5 Å². The maximum atomic E-state index is 13.5. The molecule has 2 atom stereocenters. The molecule has 39 heavy (non-hydrogen) atoms. The Morgan fingerprint density at radius 1 is 1.21 bits per heavy atom. The summed E-state index contributed by atoms with van der Waals surface area (Å²) in [5.74, 6) is 5.61. The minimum atomic E-state index is -4.41. The van der Waals surface area contributed by atoms with E-state index in [0.717, 1.165) is 18.5 Å². The number of ether oxygens (including phenoxy) is 2. The van der Waals surface area contributed by atoms with Gasteiger partial charge < -0.3 is 30.4 Å². The fourth-order valence-electron chi connectivity index (χ4n) is 4.48. The second-order valence-corrected chi connectivity index (χ2v) is 8.95. The van der Waals surface area contributed by atoms with Crippen molar-refractivity contribution >= 4 is 55.2 Å². The summed E-state index contributed by atoms with van der Waals surface area (Å²) in [6.45, 7) is 1.65. The molecular formula is C27H33F3N4O3S2. The van der Waals surface area contributed by atoms with Crippen molar-refractivity contribution in [1.82, 2.24) is 4.57 Å². The first kappa shape index (κ1) is 32.1. The molecule has 2 aromatic carbocycles. The van der Waals surface area contributed by atoms with E-state index in [1.807, 2.05) is 13.0 Å². The van der Waals surface area contributed by atoms with E-state index in [1.165, 1.54) is 17.7 Å². The fraction of sp³-hybridized carbons (Fsp3) is 0.370. The molecule has 1 aliphatic rings. The van der Waals surface area contributed by atoms with Crippen LogP contribution in [-0.4, -0.2) is 49.1 Å². The Balaban J connectivity index is 0.00000267. The van der Waals surface area contributed by atoms with Crippen LogP contribution in [0.2, 0.25) is 0 Å². The molecule has 0 spiro atoms. The van der Waals surface area contributed by atoms with Crippen LogP contribution in [-0.2, 0) is 11.3 Å². The highest BCUT2D eigenvalue weighted by molar-refractivity contribution is 7.59. The van der Waals surface area contributed by atoms with Gasteiger partial charge in [-0.25, -0.2) is 0 Å². The van der Waals surface area contributed by atoms with E-state index < -0.39 is 18.6 Å². The van der Waals surface area contributed by atoms with Crippen LogP contribution in [0.1, 0.15) is 35.8 Å². The van der Waals surface area contributed by atoms with Crippen LogP contribution in [0, 0.1) is 11.8 Å². The number of nitrogens with one attached hydrogen (secondary N) is 2. The van der Waals surface area contributed by atoms with Gasteiger partial charge in [-0.05, 0) is 62.1 Å². The van der Waals surface area contributed by atoms with Gasteiger partial charge in [-0.15, -0.1) is 0 Å². The molecule has 0 radical (unpaired) electrons. The van der Waals surface area contributed by atoms with Crippen molar-refractivity contribution in [2.45, 2.75) is 44.6 Å². The summed E-state index contributed by atoms with van der Waals surface area (Å²) in [5, 5.41) is 7.24. The number of rotatable bonds is 7. The number of fused-ring (bicyclic) bond motifs is 1. The second-order valence-electron chi connectivity index (χ2n) is 8.95. The number of halogens is 3. The van der Waals surface area contributed by atoms with E-state index >= 15 is 0 Å². The van der Waals surface area contributed by atoms with Crippen molar-refractivity contribution < 1.29 is 27.4 Å². The number of carbonyl (C=O) groups is 1. The minimum Gasteiger partial charge on any atom is -0.495 e. The molecule has 4 rings (SSSR count). The van der Waals surface area contributed by atoms with Gasteiger partial charge in [0.1, 0.15) is 12.3 Å². The standard InChI is InChI=1S/C27H29F3N4O3.2H2S/c1-17-13-19(10-12-37-17)33-22-6-3-7-24-21(22)15-20(34(24)16-27(28,29)30)5-4-11-32-23-9-8-18(26(31)35)14-25(23)36-2;;/h3,6-9,14-15,17,19,32-33H,10-13,16H2,1-2H3,(H2,31,35);2*1H2/t17-,19-;;/m0../s1. The Bertz CT molecular complexity index is 1350. The Kier molecular flexibility index (Phi) is 11.3. The molecule has 0 aliphatic carbocycles. The van der Waals surface area contributed by atoms with Crippen LogP contribution in [0.15, 0.2) is 42.5 Å². The number of aromatic nitrogens is 1. The number of amides is 1. The van der Waals surface area contributed by atoms with E-state index in [4.69, 9.17) is 15.2 Å². The number of anilines is 2. The van der Waals surface area contributed by atoms with Crippen LogP contribution in [0.3, 0.4) is 0 Å². The largest absolute Gasteiger partial charge is 0.495 e. The van der Waals surface area contributed by atoms with Crippen LogP contribution in [0.5, 0.6) is 5.75 Å². The summed E-state index contributed by atoms with van der Waals surface area (Å²) in [5.41, 5.74) is 7.68. The first-order valence-corrected chi connectivity index (χ1v) is 11.9. The monoisotopic (exact) mass is 582 g/mol. The van der Waals surface area contributed by atoms with Gasteiger partial charge in [0.25, 0.3) is 0 Å². The zero-order chi connectivity index (χ0) is 26.6. The quantitative estimate of drug-likeness (QED) is 0.342. The van der Waals surface area contributed by atoms with Crippen molar-refractivity contribution in [3.8, 4) is 17.6 Å². The third-order valence-electron chi connectivity index (χ3n) is 6.20. The molecule has 1 amide bonds. The number of hydrogen-bond acceptors (Lipinski definition) is 5. The Hall–Kier alpha value is -3.14. The predicted octanol–water partition coefficient (Wildman–Crippen LogP) is 4.98. The molecule has 2 heterocycles. The number of methoxy groups -OCH3 is 1. The molecule has 7 nitrogen and oxygen atoms in total. The van der Waals surface area contributed by atoms with Crippen LogP contribution >= 0.6 is 27.0 Å². The first-order valence-electron chi connectivity index (χ1n) is 11.9. The molecule has 1 saturated heterocycles. The van der Waals surface area contributed by atoms with Gasteiger partial charge in [0.05, 0.1) is 36.7 Å². The molecule has 4 N–H and O–H groups in total. The molecule has 1 aromatic heterocycles. The summed E-state index contributed by atoms with van der Waals surface area (Å²) in [6, 6.07) is 11.9. The van der Waals surface area contributed by atoms with E-state index in [-0.39, 0.29) is 51.4 Å². The number of primary amides is 1. The first-order chi connectivity index (χ1) is 17.6.